The zero-order valence-electron chi connectivity index (χ0n) is 25.9. The molecule has 0 spiro atoms. The Hall–Kier alpha value is -4.07. The monoisotopic (exact) mass is 646 g/mol. The Balaban J connectivity index is 0.000000181. The lowest BCUT2D eigenvalue weighted by molar-refractivity contribution is -0.0366. The van der Waals surface area contributed by atoms with Crippen molar-refractivity contribution in [1.82, 2.24) is 29.5 Å². The van der Waals surface area contributed by atoms with E-state index in [1.165, 1.54) is 0 Å². The van der Waals surface area contributed by atoms with Crippen LogP contribution in [0, 0.1) is 13.8 Å². The largest absolute Gasteiger partial charge is 0.392 e. The quantitative estimate of drug-likeness (QED) is 0.176. The predicted molar refractivity (Wildman–Crippen MR) is 165 cm³/mol. The second kappa shape index (κ2) is 14.1. The summed E-state index contributed by atoms with van der Waals surface area (Å²) in [6, 6.07) is 10.4. The number of aliphatic hydroxyl groups is 1. The van der Waals surface area contributed by atoms with Gasteiger partial charge in [-0.15, -0.1) is 0 Å². The maximum Gasteiger partial charge on any atom is 0.248 e. The molecular weight excluding hydrogens is 607 g/mol. The van der Waals surface area contributed by atoms with Gasteiger partial charge in [0.1, 0.15) is 18.3 Å². The third-order valence-corrected chi connectivity index (χ3v) is 8.13. The molecule has 6 rings (SSSR count). The van der Waals surface area contributed by atoms with Crippen molar-refractivity contribution < 1.29 is 27.1 Å². The van der Waals surface area contributed by atoms with Gasteiger partial charge in [0.25, 0.3) is 0 Å². The first-order valence-electron chi connectivity index (χ1n) is 15.4. The zero-order valence-corrected chi connectivity index (χ0v) is 25.9. The summed E-state index contributed by atoms with van der Waals surface area (Å²) in [6.45, 7) is 3.00. The van der Waals surface area contributed by atoms with Crippen LogP contribution in [0.1, 0.15) is 73.9 Å². The lowest BCUT2D eigenvalue weighted by atomic mass is 9.92. The van der Waals surface area contributed by atoms with Crippen molar-refractivity contribution >= 4 is 11.6 Å². The smallest absolute Gasteiger partial charge is 0.248 e. The van der Waals surface area contributed by atoms with Gasteiger partial charge in [0.15, 0.2) is 11.6 Å². The third-order valence-electron chi connectivity index (χ3n) is 8.13. The van der Waals surface area contributed by atoms with Gasteiger partial charge in [0.2, 0.25) is 11.8 Å². The number of pyridine rings is 2. The molecule has 3 N–H and O–H groups in total. The minimum Gasteiger partial charge on any atom is -0.392 e. The predicted octanol–water partition coefficient (Wildman–Crippen LogP) is 7.09. The first kappa shape index (κ1) is 33.3. The van der Waals surface area contributed by atoms with Crippen LogP contribution in [0.2, 0.25) is 0 Å². The van der Waals surface area contributed by atoms with Crippen LogP contribution >= 0.6 is 0 Å². The van der Waals surface area contributed by atoms with Crippen LogP contribution in [0.3, 0.4) is 0 Å². The molecule has 2 fully saturated rings. The van der Waals surface area contributed by atoms with E-state index in [0.717, 1.165) is 11.4 Å². The van der Waals surface area contributed by atoms with Crippen LogP contribution in [-0.4, -0.2) is 58.6 Å². The summed E-state index contributed by atoms with van der Waals surface area (Å²) in [6.07, 6.45) is 4.68. The first-order valence-corrected chi connectivity index (χ1v) is 15.4. The Labute approximate surface area is 264 Å². The van der Waals surface area contributed by atoms with Gasteiger partial charge in [-0.1, -0.05) is 0 Å². The molecule has 9 nitrogen and oxygen atoms in total. The molecule has 0 aliphatic heterocycles. The van der Waals surface area contributed by atoms with Gasteiger partial charge in [-0.2, -0.15) is 10.2 Å². The van der Waals surface area contributed by atoms with E-state index in [4.69, 9.17) is 0 Å². The highest BCUT2D eigenvalue weighted by atomic mass is 19.3. The van der Waals surface area contributed by atoms with Crippen molar-refractivity contribution in [2.75, 3.05) is 10.6 Å². The second-order valence-corrected chi connectivity index (χ2v) is 12.1. The Morgan fingerprint density at radius 2 is 1.13 bits per heavy atom. The molecule has 2 saturated carbocycles. The Morgan fingerprint density at radius 1 is 0.717 bits per heavy atom. The van der Waals surface area contributed by atoms with E-state index >= 15 is 0 Å². The zero-order chi connectivity index (χ0) is 32.9. The molecule has 4 aromatic rings. The van der Waals surface area contributed by atoms with Crippen LogP contribution in [0.5, 0.6) is 0 Å². The summed E-state index contributed by atoms with van der Waals surface area (Å²) in [7, 11) is 0. The van der Waals surface area contributed by atoms with Gasteiger partial charge >= 0.3 is 0 Å². The summed E-state index contributed by atoms with van der Waals surface area (Å²) < 4.78 is 69.2. The van der Waals surface area contributed by atoms with E-state index in [2.05, 4.69) is 30.8 Å². The van der Waals surface area contributed by atoms with Crippen LogP contribution in [0.15, 0.2) is 48.8 Å². The van der Waals surface area contributed by atoms with Gasteiger partial charge in [-0.05, 0) is 87.1 Å². The molecule has 0 amide bonds. The van der Waals surface area contributed by atoms with Gasteiger partial charge in [-0.3, -0.25) is 0 Å². The highest BCUT2D eigenvalue weighted by Crippen LogP contribution is 2.35. The summed E-state index contributed by atoms with van der Waals surface area (Å²) in [4.78, 5) is 8.92. The lowest BCUT2D eigenvalue weighted by Gasteiger charge is -2.29. The summed E-state index contributed by atoms with van der Waals surface area (Å²) in [5, 5.41) is 24.4. The number of nitrogens with one attached hydrogen (secondary N) is 2. The van der Waals surface area contributed by atoms with Gasteiger partial charge in [-0.25, -0.2) is 41.3 Å². The van der Waals surface area contributed by atoms with Gasteiger partial charge in [0, 0.05) is 50.2 Å². The molecule has 2 aliphatic carbocycles. The van der Waals surface area contributed by atoms with Crippen LogP contribution in [0.4, 0.5) is 33.6 Å². The lowest BCUT2D eigenvalue weighted by Crippen LogP contribution is -2.32. The number of hydrogen-bond donors (Lipinski definition) is 3. The highest BCUT2D eigenvalue weighted by molar-refractivity contribution is 5.45. The number of halogens is 5. The molecule has 46 heavy (non-hydrogen) atoms. The number of nitrogens with zero attached hydrogens (tertiary/aromatic N) is 6. The fourth-order valence-corrected chi connectivity index (χ4v) is 5.57. The highest BCUT2D eigenvalue weighted by Gasteiger charge is 2.36. The number of aromatic nitrogens is 6. The van der Waals surface area contributed by atoms with Crippen molar-refractivity contribution in [3.05, 3.63) is 71.3 Å². The SMILES string of the molecule is Cc1ccn(-c2cc(CF)cc(NC3CCC(F)(F)CC3)n2)n1.Cc1ccn(-c2cc(CO)cc(NC3CCC(F)(F)CC3)n2)n1. The summed E-state index contributed by atoms with van der Waals surface area (Å²) in [5.74, 6) is -2.93. The molecule has 0 radical (unpaired) electrons. The molecule has 2 aliphatic rings. The second-order valence-electron chi connectivity index (χ2n) is 12.1. The number of anilines is 2. The van der Waals surface area contributed by atoms with E-state index in [1.807, 2.05) is 26.0 Å². The normalized spacial score (nSPS) is 18.1. The molecular formula is C32H39F5N8O. The molecule has 248 valence electrons. The number of hydrogen-bond acceptors (Lipinski definition) is 7. The minimum atomic E-state index is -2.57. The van der Waals surface area contributed by atoms with Gasteiger partial charge in [0.05, 0.1) is 18.0 Å². The Morgan fingerprint density at radius 3 is 1.50 bits per heavy atom. The molecule has 4 heterocycles. The van der Waals surface area contributed by atoms with Crippen molar-refractivity contribution in [1.29, 1.82) is 0 Å². The molecule has 0 unspecified atom stereocenters. The van der Waals surface area contributed by atoms with Crippen LogP contribution in [0.25, 0.3) is 11.6 Å². The van der Waals surface area contributed by atoms with E-state index in [0.29, 0.717) is 60.1 Å². The van der Waals surface area contributed by atoms with Crippen molar-refractivity contribution in [2.24, 2.45) is 0 Å². The number of alkyl halides is 5. The summed E-state index contributed by atoms with van der Waals surface area (Å²) in [5.41, 5.74) is 2.88. The van der Waals surface area contributed by atoms with Crippen molar-refractivity contribution in [3.63, 3.8) is 0 Å². The Kier molecular flexibility index (Phi) is 10.2. The topological polar surface area (TPSA) is 106 Å². The average molecular weight is 647 g/mol. The fourth-order valence-electron chi connectivity index (χ4n) is 5.57. The maximum absolute atomic E-state index is 13.2. The van der Waals surface area contributed by atoms with Crippen LogP contribution < -0.4 is 10.6 Å². The Bertz CT molecular complexity index is 1470. The number of rotatable bonds is 8. The van der Waals surface area contributed by atoms with Gasteiger partial charge < -0.3 is 15.7 Å². The van der Waals surface area contributed by atoms with E-state index in [-0.39, 0.29) is 44.4 Å². The molecule has 0 atom stereocenters. The molecule has 0 aromatic carbocycles. The summed E-state index contributed by atoms with van der Waals surface area (Å²) >= 11 is 0. The average Bonchev–Trinajstić information content (AvgIpc) is 3.67. The molecule has 0 bridgehead atoms. The third kappa shape index (κ3) is 9.02. The van der Waals surface area contributed by atoms with Crippen LogP contribution in [-0.2, 0) is 13.3 Å². The number of aliphatic hydroxyl groups excluding tert-OH is 1. The minimum absolute atomic E-state index is 0.0247. The van der Waals surface area contributed by atoms with E-state index < -0.39 is 18.5 Å². The standard InChI is InChI=1S/C16H19F3N4.C16H20F2N4O/c1-11-4-7-23(22-11)15-9-12(10-17)8-14(21-15)20-13-2-5-16(18,19)6-3-13;1-11-4-7-22(21-11)15-9-12(10-23)8-14(20-15)19-13-2-5-16(17,18)6-3-13/h4,7-9,13H,2-3,5-6,10H2,1H3,(H,20,21);4,7-9,13,23H,2-3,5-6,10H2,1H3,(H,19,20). The molecule has 14 heteroatoms. The van der Waals surface area contributed by atoms with Crippen molar-refractivity contribution in [2.45, 2.75) is 102 Å². The maximum atomic E-state index is 13.2. The van der Waals surface area contributed by atoms with E-state index in [1.54, 1.807) is 46.0 Å². The molecule has 4 aromatic heterocycles. The first-order chi connectivity index (χ1) is 21.9. The van der Waals surface area contributed by atoms with Crippen molar-refractivity contribution in [3.8, 4) is 11.6 Å². The van der Waals surface area contributed by atoms with E-state index in [9.17, 15) is 27.1 Å². The number of aryl methyl sites for hydroxylation is 2. The fraction of sp³-hybridized carbons (Fsp3) is 0.500. The molecule has 0 saturated heterocycles.